The fourth-order valence-electron chi connectivity index (χ4n) is 1.05. The first-order valence-corrected chi connectivity index (χ1v) is 4.10. The van der Waals surface area contributed by atoms with E-state index in [-0.39, 0.29) is 0 Å². The molecule has 1 rings (SSSR count). The van der Waals surface area contributed by atoms with Gasteiger partial charge in [-0.15, -0.1) is 6.58 Å². The Hall–Kier alpha value is -2.26. The zero-order chi connectivity index (χ0) is 10.4. The second-order valence-corrected chi connectivity index (χ2v) is 2.66. The quantitative estimate of drug-likeness (QED) is 0.409. The lowest BCUT2D eigenvalue weighted by Gasteiger charge is -2.12. The van der Waals surface area contributed by atoms with Crippen molar-refractivity contribution < 1.29 is 0 Å². The first-order chi connectivity index (χ1) is 6.81. The molecule has 0 heterocycles. The molecular formula is C11H9N3. The van der Waals surface area contributed by atoms with Gasteiger partial charge in [-0.3, -0.25) is 4.90 Å². The molecule has 68 valence electrons. The third-order valence-corrected chi connectivity index (χ3v) is 1.74. The molecule has 0 N–H and O–H groups in total. The highest BCUT2D eigenvalue weighted by atomic mass is 15.1. The average Bonchev–Trinajstić information content (AvgIpc) is 2.26. The number of benzene rings is 1. The molecule has 1 aromatic rings. The molecule has 3 nitrogen and oxygen atoms in total. The molecule has 14 heavy (non-hydrogen) atoms. The van der Waals surface area contributed by atoms with Gasteiger partial charge in [-0.25, -0.2) is 0 Å². The van der Waals surface area contributed by atoms with Gasteiger partial charge in [-0.05, 0) is 24.3 Å². The minimum Gasteiger partial charge on any atom is -0.276 e. The van der Waals surface area contributed by atoms with Crippen LogP contribution in [0.15, 0.2) is 36.9 Å². The molecule has 1 aromatic carbocycles. The van der Waals surface area contributed by atoms with E-state index in [1.807, 2.05) is 12.3 Å². The number of nitrogens with zero attached hydrogens (tertiary/aromatic N) is 3. The maximum atomic E-state index is 8.80. The first-order valence-electron chi connectivity index (χ1n) is 4.10. The van der Waals surface area contributed by atoms with Gasteiger partial charge < -0.3 is 0 Å². The smallest absolute Gasteiger partial charge is 0.184 e. The highest BCUT2D eigenvalue weighted by Crippen LogP contribution is 2.13. The van der Waals surface area contributed by atoms with E-state index in [1.165, 1.54) is 4.90 Å². The summed E-state index contributed by atoms with van der Waals surface area (Å²) in [7, 11) is 0. The third kappa shape index (κ3) is 2.12. The van der Waals surface area contributed by atoms with Gasteiger partial charge in [0.2, 0.25) is 0 Å². The summed E-state index contributed by atoms with van der Waals surface area (Å²) in [5.74, 6) is 0. The summed E-state index contributed by atoms with van der Waals surface area (Å²) < 4.78 is 0. The summed E-state index contributed by atoms with van der Waals surface area (Å²) >= 11 is 0. The van der Waals surface area contributed by atoms with E-state index in [0.29, 0.717) is 12.1 Å². The van der Waals surface area contributed by atoms with Crippen molar-refractivity contribution in [2.75, 3.05) is 11.4 Å². The highest BCUT2D eigenvalue weighted by molar-refractivity contribution is 5.53. The van der Waals surface area contributed by atoms with Crippen LogP contribution in [0.4, 0.5) is 5.69 Å². The van der Waals surface area contributed by atoms with Crippen LogP contribution in [0.5, 0.6) is 0 Å². The van der Waals surface area contributed by atoms with Crippen molar-refractivity contribution in [2.24, 2.45) is 0 Å². The van der Waals surface area contributed by atoms with Gasteiger partial charge in [-0.1, -0.05) is 6.08 Å². The van der Waals surface area contributed by atoms with E-state index in [9.17, 15) is 0 Å². The lowest BCUT2D eigenvalue weighted by atomic mass is 10.2. The van der Waals surface area contributed by atoms with Crippen molar-refractivity contribution in [1.82, 2.24) is 0 Å². The Morgan fingerprint density at radius 3 is 2.36 bits per heavy atom. The standard InChI is InChI=1S/C11H9N3/c1-2-7-14(9-13)11-5-3-10(8-12)4-6-11/h2-6H,1,7H2. The maximum absolute atomic E-state index is 8.80. The van der Waals surface area contributed by atoms with E-state index in [4.69, 9.17) is 10.5 Å². The highest BCUT2D eigenvalue weighted by Gasteiger charge is 2.01. The van der Waals surface area contributed by atoms with Gasteiger partial charge in [0.25, 0.3) is 0 Å². The maximum Gasteiger partial charge on any atom is 0.184 e. The molecule has 3 heteroatoms. The van der Waals surface area contributed by atoms with Crippen molar-refractivity contribution in [3.8, 4) is 12.3 Å². The normalized spacial score (nSPS) is 8.43. The van der Waals surface area contributed by atoms with Gasteiger partial charge in [0, 0.05) is 0 Å². The summed E-state index contributed by atoms with van der Waals surface area (Å²) in [4.78, 5) is 1.49. The topological polar surface area (TPSA) is 50.8 Å². The van der Waals surface area contributed by atoms with E-state index in [1.54, 1.807) is 30.3 Å². The molecular weight excluding hydrogens is 174 g/mol. The Kier molecular flexibility index (Phi) is 3.29. The van der Waals surface area contributed by atoms with Crippen LogP contribution in [0.1, 0.15) is 5.56 Å². The van der Waals surface area contributed by atoms with Crippen LogP contribution in [-0.2, 0) is 0 Å². The van der Waals surface area contributed by atoms with Crippen LogP contribution < -0.4 is 4.90 Å². The minimum atomic E-state index is 0.475. The van der Waals surface area contributed by atoms with Crippen molar-refractivity contribution in [1.29, 1.82) is 10.5 Å². The lowest BCUT2D eigenvalue weighted by Crippen LogP contribution is -2.15. The molecule has 0 aliphatic heterocycles. The van der Waals surface area contributed by atoms with Crippen LogP contribution in [0.3, 0.4) is 0 Å². The largest absolute Gasteiger partial charge is 0.276 e. The van der Waals surface area contributed by atoms with Crippen molar-refractivity contribution in [2.45, 2.75) is 0 Å². The third-order valence-electron chi connectivity index (χ3n) is 1.74. The number of hydrogen-bond acceptors (Lipinski definition) is 3. The number of nitriles is 2. The summed E-state index contributed by atoms with van der Waals surface area (Å²) in [5.41, 5.74) is 1.36. The average molecular weight is 183 g/mol. The molecule has 0 saturated heterocycles. The van der Waals surface area contributed by atoms with E-state index < -0.39 is 0 Å². The molecule has 0 saturated carbocycles. The molecule has 0 amide bonds. The fourth-order valence-corrected chi connectivity index (χ4v) is 1.05. The Bertz CT molecular complexity index is 392. The van der Waals surface area contributed by atoms with Gasteiger partial charge in [0.05, 0.1) is 23.9 Å². The van der Waals surface area contributed by atoms with Gasteiger partial charge in [0.15, 0.2) is 6.19 Å². The summed E-state index contributed by atoms with van der Waals surface area (Å²) in [6, 6.07) is 8.87. The molecule has 0 spiro atoms. The van der Waals surface area contributed by atoms with Gasteiger partial charge in [-0.2, -0.15) is 10.5 Å². The predicted octanol–water partition coefficient (Wildman–Crippen LogP) is 2.03. The predicted molar refractivity (Wildman–Crippen MR) is 54.3 cm³/mol. The molecule has 0 aliphatic carbocycles. The van der Waals surface area contributed by atoms with Crippen molar-refractivity contribution in [3.05, 3.63) is 42.5 Å². The first kappa shape index (κ1) is 9.83. The summed E-state index contributed by atoms with van der Waals surface area (Å²) in [6.45, 7) is 4.04. The summed E-state index contributed by atoms with van der Waals surface area (Å²) in [5, 5.41) is 17.4. The lowest BCUT2D eigenvalue weighted by molar-refractivity contribution is 1.10. The Morgan fingerprint density at radius 1 is 1.29 bits per heavy atom. The Morgan fingerprint density at radius 2 is 1.93 bits per heavy atom. The fraction of sp³-hybridized carbons (Fsp3) is 0.0909. The molecule has 0 atom stereocenters. The van der Waals surface area contributed by atoms with Crippen LogP contribution in [0, 0.1) is 22.8 Å². The summed E-state index contributed by atoms with van der Waals surface area (Å²) in [6.07, 6.45) is 3.69. The minimum absolute atomic E-state index is 0.475. The zero-order valence-electron chi connectivity index (χ0n) is 7.64. The molecule has 0 fully saturated rings. The Balaban J connectivity index is 2.91. The van der Waals surface area contributed by atoms with Crippen LogP contribution in [-0.4, -0.2) is 6.54 Å². The van der Waals surface area contributed by atoms with Crippen LogP contribution >= 0.6 is 0 Å². The molecule has 0 unspecified atom stereocenters. The van der Waals surface area contributed by atoms with E-state index >= 15 is 0 Å². The van der Waals surface area contributed by atoms with Crippen molar-refractivity contribution >= 4 is 5.69 Å². The molecule has 0 aliphatic rings. The van der Waals surface area contributed by atoms with E-state index in [0.717, 1.165) is 5.69 Å². The second kappa shape index (κ2) is 4.69. The zero-order valence-corrected chi connectivity index (χ0v) is 7.64. The monoisotopic (exact) mass is 183 g/mol. The van der Waals surface area contributed by atoms with Crippen LogP contribution in [0.25, 0.3) is 0 Å². The number of hydrogen-bond donors (Lipinski definition) is 0. The van der Waals surface area contributed by atoms with E-state index in [2.05, 4.69) is 6.58 Å². The SMILES string of the molecule is C=CCN(C#N)c1ccc(C#N)cc1. The molecule has 0 aromatic heterocycles. The Labute approximate surface area is 83.1 Å². The molecule has 0 bridgehead atoms. The number of rotatable bonds is 3. The van der Waals surface area contributed by atoms with Crippen LogP contribution in [0.2, 0.25) is 0 Å². The number of anilines is 1. The van der Waals surface area contributed by atoms with Gasteiger partial charge >= 0.3 is 0 Å². The van der Waals surface area contributed by atoms with Gasteiger partial charge in [0.1, 0.15) is 0 Å². The van der Waals surface area contributed by atoms with Crippen molar-refractivity contribution in [3.63, 3.8) is 0 Å². The molecule has 0 radical (unpaired) electrons. The second-order valence-electron chi connectivity index (χ2n) is 2.66.